The molecule has 0 saturated heterocycles. The van der Waals surface area contributed by atoms with Crippen LogP contribution in [0.25, 0.3) is 11.5 Å². The molecule has 0 saturated carbocycles. The molecule has 1 aromatic carbocycles. The molecule has 0 atom stereocenters. The molecule has 8 nitrogen and oxygen atoms in total. The van der Waals surface area contributed by atoms with E-state index in [1.807, 2.05) is 31.2 Å². The third-order valence-corrected chi connectivity index (χ3v) is 5.04. The number of nitrogens with one attached hydrogen (secondary N) is 2. The Morgan fingerprint density at radius 3 is 3.00 bits per heavy atom. The zero-order valence-corrected chi connectivity index (χ0v) is 15.3. The van der Waals surface area contributed by atoms with Gasteiger partial charge < -0.3 is 9.88 Å². The smallest absolute Gasteiger partial charge is 0.246 e. The molecule has 2 N–H and O–H groups in total. The monoisotopic (exact) mass is 380 g/mol. The van der Waals surface area contributed by atoms with Crippen LogP contribution in [0, 0.1) is 6.92 Å². The molecular formula is C18H16N6O2S. The Bertz CT molecular complexity index is 1000. The highest BCUT2D eigenvalue weighted by Crippen LogP contribution is 2.35. The van der Waals surface area contributed by atoms with Gasteiger partial charge in [0.05, 0.1) is 11.4 Å². The number of anilines is 2. The van der Waals surface area contributed by atoms with E-state index in [0.717, 1.165) is 16.1 Å². The van der Waals surface area contributed by atoms with Crippen LogP contribution in [0.1, 0.15) is 5.56 Å². The summed E-state index contributed by atoms with van der Waals surface area (Å²) in [6.07, 6.45) is 1.65. The number of nitrogens with zero attached hydrogens (tertiary/aromatic N) is 4. The quantitative estimate of drug-likeness (QED) is 0.719. The number of hydrogen-bond donors (Lipinski definition) is 2. The first kappa shape index (κ1) is 17.2. The van der Waals surface area contributed by atoms with E-state index in [0.29, 0.717) is 17.3 Å². The molecule has 2 aromatic heterocycles. The summed E-state index contributed by atoms with van der Waals surface area (Å²) in [5, 5.41) is 10.5. The molecular weight excluding hydrogens is 364 g/mol. The minimum absolute atomic E-state index is 0.0882. The third-order valence-electron chi connectivity index (χ3n) is 4.01. The van der Waals surface area contributed by atoms with Crippen LogP contribution in [0.2, 0.25) is 0 Å². The summed E-state index contributed by atoms with van der Waals surface area (Å²) in [5.41, 5.74) is 2.49. The summed E-state index contributed by atoms with van der Waals surface area (Å²) in [4.78, 5) is 34.3. The number of fused-ring (bicyclic) bond motifs is 1. The zero-order valence-electron chi connectivity index (χ0n) is 14.5. The molecule has 0 fully saturated rings. The molecule has 0 unspecified atom stereocenters. The molecule has 0 radical (unpaired) electrons. The van der Waals surface area contributed by atoms with Crippen molar-refractivity contribution < 1.29 is 9.59 Å². The number of aromatic nitrogens is 4. The molecule has 3 heterocycles. The Morgan fingerprint density at radius 1 is 1.30 bits per heavy atom. The van der Waals surface area contributed by atoms with Crippen molar-refractivity contribution in [2.75, 3.05) is 22.5 Å². The molecule has 3 aromatic rings. The van der Waals surface area contributed by atoms with Crippen molar-refractivity contribution in [1.82, 2.24) is 20.2 Å². The normalized spacial score (nSPS) is 13.4. The third kappa shape index (κ3) is 3.68. The Balaban J connectivity index is 1.47. The number of H-pyrrole nitrogens is 1. The Kier molecular flexibility index (Phi) is 4.59. The number of aromatic amines is 1. The average Bonchev–Trinajstić information content (AvgIpc) is 3.13. The molecule has 4 rings (SSSR count). The summed E-state index contributed by atoms with van der Waals surface area (Å²) in [7, 11) is 0. The summed E-state index contributed by atoms with van der Waals surface area (Å²) in [6.45, 7) is 1.91. The van der Waals surface area contributed by atoms with Crippen LogP contribution in [-0.4, -0.2) is 44.3 Å². The SMILES string of the molecule is Cc1ccc2c(c1)SCC(=O)N2CC(=O)Nc1nnc(-c2ccccn2)[nH]1. The van der Waals surface area contributed by atoms with E-state index < -0.39 is 0 Å². The Morgan fingerprint density at radius 2 is 2.19 bits per heavy atom. The lowest BCUT2D eigenvalue weighted by Gasteiger charge is -2.28. The van der Waals surface area contributed by atoms with E-state index in [1.165, 1.54) is 16.7 Å². The maximum atomic E-state index is 12.4. The van der Waals surface area contributed by atoms with Crippen LogP contribution in [0.3, 0.4) is 0 Å². The number of aryl methyl sites for hydroxylation is 1. The number of rotatable bonds is 4. The molecule has 27 heavy (non-hydrogen) atoms. The van der Waals surface area contributed by atoms with Crippen molar-refractivity contribution in [3.63, 3.8) is 0 Å². The first-order valence-corrected chi connectivity index (χ1v) is 9.26. The van der Waals surface area contributed by atoms with E-state index in [4.69, 9.17) is 0 Å². The summed E-state index contributed by atoms with van der Waals surface area (Å²) in [5.74, 6) is 0.528. The standard InChI is InChI=1S/C18H16N6O2S/c1-11-5-6-13-14(8-11)27-10-16(26)24(13)9-15(25)20-18-21-17(22-23-18)12-4-2-3-7-19-12/h2-8H,9-10H2,1H3,(H2,20,21,22,23,25). The summed E-state index contributed by atoms with van der Waals surface area (Å²) >= 11 is 1.49. The second-order valence-corrected chi connectivity index (χ2v) is 7.04. The summed E-state index contributed by atoms with van der Waals surface area (Å²) in [6, 6.07) is 11.2. The van der Waals surface area contributed by atoms with Gasteiger partial charge in [-0.2, -0.15) is 0 Å². The number of pyridine rings is 1. The van der Waals surface area contributed by atoms with Crippen molar-refractivity contribution in [1.29, 1.82) is 0 Å². The van der Waals surface area contributed by atoms with Gasteiger partial charge in [-0.3, -0.25) is 19.9 Å². The van der Waals surface area contributed by atoms with Gasteiger partial charge in [0.15, 0.2) is 5.82 Å². The van der Waals surface area contributed by atoms with Crippen LogP contribution in [0.15, 0.2) is 47.5 Å². The van der Waals surface area contributed by atoms with Gasteiger partial charge in [0.1, 0.15) is 12.2 Å². The van der Waals surface area contributed by atoms with Crippen LogP contribution >= 0.6 is 11.8 Å². The van der Waals surface area contributed by atoms with Crippen LogP contribution < -0.4 is 10.2 Å². The van der Waals surface area contributed by atoms with Crippen molar-refractivity contribution in [2.45, 2.75) is 11.8 Å². The summed E-state index contributed by atoms with van der Waals surface area (Å²) < 4.78 is 0. The second kappa shape index (κ2) is 7.20. The first-order chi connectivity index (χ1) is 13.1. The highest BCUT2D eigenvalue weighted by Gasteiger charge is 2.26. The maximum Gasteiger partial charge on any atom is 0.246 e. The van der Waals surface area contributed by atoms with Gasteiger partial charge in [0.25, 0.3) is 0 Å². The van der Waals surface area contributed by atoms with Crippen LogP contribution in [0.5, 0.6) is 0 Å². The van der Waals surface area contributed by atoms with Crippen LogP contribution in [0.4, 0.5) is 11.6 Å². The predicted molar refractivity (Wildman–Crippen MR) is 102 cm³/mol. The fraction of sp³-hybridized carbons (Fsp3) is 0.167. The zero-order chi connectivity index (χ0) is 18.8. The van der Waals surface area contributed by atoms with Gasteiger partial charge in [-0.05, 0) is 36.8 Å². The number of thioether (sulfide) groups is 1. The topological polar surface area (TPSA) is 104 Å². The fourth-order valence-electron chi connectivity index (χ4n) is 2.74. The fourth-order valence-corrected chi connectivity index (χ4v) is 3.77. The van der Waals surface area contributed by atoms with Gasteiger partial charge in [-0.15, -0.1) is 22.0 Å². The molecule has 136 valence electrons. The number of benzene rings is 1. The molecule has 0 aliphatic carbocycles. The molecule has 2 amide bonds. The number of carbonyl (C=O) groups excluding carboxylic acids is 2. The lowest BCUT2D eigenvalue weighted by atomic mass is 10.2. The molecule has 1 aliphatic heterocycles. The van der Waals surface area contributed by atoms with Crippen molar-refractivity contribution in [3.8, 4) is 11.5 Å². The van der Waals surface area contributed by atoms with E-state index >= 15 is 0 Å². The maximum absolute atomic E-state index is 12.4. The van der Waals surface area contributed by atoms with Gasteiger partial charge in [0, 0.05) is 11.1 Å². The first-order valence-electron chi connectivity index (χ1n) is 8.28. The van der Waals surface area contributed by atoms with Crippen molar-refractivity contribution in [2.24, 2.45) is 0 Å². The van der Waals surface area contributed by atoms with Gasteiger partial charge >= 0.3 is 0 Å². The number of carbonyl (C=O) groups is 2. The van der Waals surface area contributed by atoms with Crippen molar-refractivity contribution >= 4 is 35.2 Å². The second-order valence-electron chi connectivity index (χ2n) is 6.03. The van der Waals surface area contributed by atoms with E-state index in [-0.39, 0.29) is 24.3 Å². The van der Waals surface area contributed by atoms with Gasteiger partial charge in [0.2, 0.25) is 17.8 Å². The van der Waals surface area contributed by atoms with Gasteiger partial charge in [-0.25, -0.2) is 0 Å². The Hall–Kier alpha value is -3.20. The average molecular weight is 380 g/mol. The van der Waals surface area contributed by atoms with E-state index in [1.54, 1.807) is 18.3 Å². The molecule has 1 aliphatic rings. The van der Waals surface area contributed by atoms with E-state index in [9.17, 15) is 9.59 Å². The Labute approximate surface area is 159 Å². The van der Waals surface area contributed by atoms with E-state index in [2.05, 4.69) is 25.5 Å². The molecule has 9 heteroatoms. The van der Waals surface area contributed by atoms with Gasteiger partial charge in [-0.1, -0.05) is 12.1 Å². The largest absolute Gasteiger partial charge is 0.306 e. The molecule has 0 bridgehead atoms. The number of hydrogen-bond acceptors (Lipinski definition) is 6. The number of amides is 2. The molecule has 0 spiro atoms. The highest BCUT2D eigenvalue weighted by molar-refractivity contribution is 8.00. The lowest BCUT2D eigenvalue weighted by Crippen LogP contribution is -2.41. The minimum Gasteiger partial charge on any atom is -0.306 e. The minimum atomic E-state index is -0.356. The van der Waals surface area contributed by atoms with Crippen molar-refractivity contribution in [3.05, 3.63) is 48.2 Å². The highest BCUT2D eigenvalue weighted by atomic mass is 32.2. The predicted octanol–water partition coefficient (Wildman–Crippen LogP) is 2.25. The lowest BCUT2D eigenvalue weighted by molar-refractivity contribution is -0.120. The van der Waals surface area contributed by atoms with Crippen LogP contribution in [-0.2, 0) is 9.59 Å².